The maximum atomic E-state index is 12.0. The Hall–Kier alpha value is -2.56. The highest BCUT2D eigenvalue weighted by Crippen LogP contribution is 2.05. The number of rotatable bonds is 5. The van der Waals surface area contributed by atoms with Crippen molar-refractivity contribution >= 4 is 11.9 Å². The van der Waals surface area contributed by atoms with Gasteiger partial charge in [-0.25, -0.2) is 4.79 Å². The fourth-order valence-corrected chi connectivity index (χ4v) is 1.89. The van der Waals surface area contributed by atoms with Crippen molar-refractivity contribution in [2.45, 2.75) is 12.5 Å². The van der Waals surface area contributed by atoms with Crippen LogP contribution in [0.4, 0.5) is 0 Å². The summed E-state index contributed by atoms with van der Waals surface area (Å²) < 4.78 is 4.74. The van der Waals surface area contributed by atoms with Crippen molar-refractivity contribution in [1.29, 1.82) is 0 Å². The van der Waals surface area contributed by atoms with Crippen LogP contribution in [0.5, 0.6) is 0 Å². The molecule has 1 heterocycles. The molecule has 0 saturated heterocycles. The molecule has 104 valence electrons. The molecule has 1 aromatic heterocycles. The molecule has 1 unspecified atom stereocenters. The van der Waals surface area contributed by atoms with Crippen LogP contribution in [0.1, 0.15) is 16.1 Å². The van der Waals surface area contributed by atoms with Crippen molar-refractivity contribution in [3.8, 4) is 0 Å². The lowest BCUT2D eigenvalue weighted by Crippen LogP contribution is -2.43. The van der Waals surface area contributed by atoms with E-state index < -0.39 is 12.0 Å². The van der Waals surface area contributed by atoms with Crippen molar-refractivity contribution < 1.29 is 14.3 Å². The number of carbonyl (C=O) groups excluding carboxylic acids is 2. The topological polar surface area (TPSA) is 71.2 Å². The summed E-state index contributed by atoms with van der Waals surface area (Å²) in [6, 6.07) is 12.1. The summed E-state index contributed by atoms with van der Waals surface area (Å²) in [5.41, 5.74) is 1.36. The highest BCUT2D eigenvalue weighted by atomic mass is 16.5. The molecule has 0 aliphatic heterocycles. The van der Waals surface area contributed by atoms with Gasteiger partial charge < -0.3 is 15.0 Å². The van der Waals surface area contributed by atoms with Gasteiger partial charge in [0.15, 0.2) is 0 Å². The molecule has 20 heavy (non-hydrogen) atoms. The highest BCUT2D eigenvalue weighted by molar-refractivity contribution is 5.95. The van der Waals surface area contributed by atoms with Crippen LogP contribution >= 0.6 is 0 Å². The number of carbonyl (C=O) groups is 2. The molecule has 0 spiro atoms. The molecule has 0 aliphatic carbocycles. The second-order valence-corrected chi connectivity index (χ2v) is 4.32. The van der Waals surface area contributed by atoms with Gasteiger partial charge in [-0.15, -0.1) is 0 Å². The first-order valence-corrected chi connectivity index (χ1v) is 6.26. The number of H-pyrrole nitrogens is 1. The van der Waals surface area contributed by atoms with Gasteiger partial charge in [-0.1, -0.05) is 30.3 Å². The van der Waals surface area contributed by atoms with Gasteiger partial charge in [0.1, 0.15) is 11.7 Å². The van der Waals surface area contributed by atoms with Gasteiger partial charge >= 0.3 is 5.97 Å². The number of benzene rings is 1. The van der Waals surface area contributed by atoms with Crippen molar-refractivity contribution in [2.24, 2.45) is 0 Å². The van der Waals surface area contributed by atoms with E-state index >= 15 is 0 Å². The number of hydrogen-bond donors (Lipinski definition) is 2. The Labute approximate surface area is 117 Å². The monoisotopic (exact) mass is 272 g/mol. The first kappa shape index (κ1) is 13.9. The quantitative estimate of drug-likeness (QED) is 0.811. The minimum absolute atomic E-state index is 0.332. The van der Waals surface area contributed by atoms with Crippen LogP contribution in [-0.2, 0) is 16.0 Å². The third-order valence-corrected chi connectivity index (χ3v) is 2.92. The molecule has 0 aliphatic rings. The van der Waals surface area contributed by atoms with Gasteiger partial charge in [0, 0.05) is 12.6 Å². The number of aromatic nitrogens is 1. The average Bonchev–Trinajstić information content (AvgIpc) is 3.01. The third-order valence-electron chi connectivity index (χ3n) is 2.92. The normalized spacial score (nSPS) is 11.7. The van der Waals surface area contributed by atoms with E-state index in [0.717, 1.165) is 5.56 Å². The molecule has 0 radical (unpaired) electrons. The molecule has 5 nitrogen and oxygen atoms in total. The van der Waals surface area contributed by atoms with Crippen LogP contribution < -0.4 is 5.32 Å². The largest absolute Gasteiger partial charge is 0.467 e. The SMILES string of the molecule is COC(=O)C(Cc1ccccc1)NC(=O)c1ccc[nH]1. The third kappa shape index (κ3) is 3.47. The molecular formula is C15H16N2O3. The maximum absolute atomic E-state index is 12.0. The Bertz CT molecular complexity index is 564. The Morgan fingerprint density at radius 3 is 2.55 bits per heavy atom. The van der Waals surface area contributed by atoms with Gasteiger partial charge in [0.2, 0.25) is 0 Å². The summed E-state index contributed by atoms with van der Waals surface area (Å²) in [5.74, 6) is -0.796. The summed E-state index contributed by atoms with van der Waals surface area (Å²) in [6.45, 7) is 0. The van der Waals surface area contributed by atoms with Gasteiger partial charge in [0.25, 0.3) is 5.91 Å². The van der Waals surface area contributed by atoms with Gasteiger partial charge in [0.05, 0.1) is 7.11 Å². The van der Waals surface area contributed by atoms with E-state index in [4.69, 9.17) is 4.74 Å². The summed E-state index contributed by atoms with van der Waals surface area (Å²) in [5, 5.41) is 2.67. The lowest BCUT2D eigenvalue weighted by molar-refractivity contribution is -0.142. The number of esters is 1. The Balaban J connectivity index is 2.08. The zero-order valence-electron chi connectivity index (χ0n) is 11.1. The fraction of sp³-hybridized carbons (Fsp3) is 0.200. The van der Waals surface area contributed by atoms with Crippen LogP contribution in [0.2, 0.25) is 0 Å². The summed E-state index contributed by atoms with van der Waals surface area (Å²) in [7, 11) is 1.31. The van der Waals surface area contributed by atoms with Crippen LogP contribution in [0, 0.1) is 0 Å². The van der Waals surface area contributed by atoms with E-state index in [9.17, 15) is 9.59 Å². The number of aromatic amines is 1. The zero-order chi connectivity index (χ0) is 14.4. The van der Waals surface area contributed by atoms with E-state index in [1.807, 2.05) is 30.3 Å². The van der Waals surface area contributed by atoms with E-state index in [-0.39, 0.29) is 5.91 Å². The number of ether oxygens (including phenoxy) is 1. The summed E-state index contributed by atoms with van der Waals surface area (Å²) >= 11 is 0. The highest BCUT2D eigenvalue weighted by Gasteiger charge is 2.22. The number of hydrogen-bond acceptors (Lipinski definition) is 3. The molecule has 0 fully saturated rings. The maximum Gasteiger partial charge on any atom is 0.328 e. The molecule has 1 atom stereocenters. The first-order valence-electron chi connectivity index (χ1n) is 6.26. The van der Waals surface area contributed by atoms with Crippen molar-refractivity contribution in [2.75, 3.05) is 7.11 Å². The summed E-state index contributed by atoms with van der Waals surface area (Å²) in [4.78, 5) is 26.5. The van der Waals surface area contributed by atoms with Crippen LogP contribution in [-0.4, -0.2) is 30.0 Å². The average molecular weight is 272 g/mol. The zero-order valence-corrected chi connectivity index (χ0v) is 11.1. The van der Waals surface area contributed by atoms with E-state index in [1.54, 1.807) is 18.3 Å². The number of nitrogens with one attached hydrogen (secondary N) is 2. The molecule has 1 amide bonds. The molecule has 2 aromatic rings. The molecule has 0 saturated carbocycles. The predicted octanol–water partition coefficient (Wildman–Crippen LogP) is 1.53. The van der Waals surface area contributed by atoms with E-state index in [0.29, 0.717) is 12.1 Å². The minimum atomic E-state index is -0.710. The van der Waals surface area contributed by atoms with Crippen molar-refractivity contribution in [3.63, 3.8) is 0 Å². The molecule has 2 N–H and O–H groups in total. The van der Waals surface area contributed by atoms with Crippen molar-refractivity contribution in [3.05, 3.63) is 59.9 Å². The Morgan fingerprint density at radius 2 is 1.95 bits per heavy atom. The second kappa shape index (κ2) is 6.56. The first-order chi connectivity index (χ1) is 9.70. The molecule has 1 aromatic carbocycles. The van der Waals surface area contributed by atoms with Gasteiger partial charge in [-0.2, -0.15) is 0 Å². The molecule has 5 heteroatoms. The van der Waals surface area contributed by atoms with Gasteiger partial charge in [-0.05, 0) is 17.7 Å². The molecule has 0 bridgehead atoms. The lowest BCUT2D eigenvalue weighted by atomic mass is 10.1. The van der Waals surface area contributed by atoms with Crippen LogP contribution in [0.3, 0.4) is 0 Å². The Kier molecular flexibility index (Phi) is 4.55. The molecular weight excluding hydrogens is 256 g/mol. The van der Waals surface area contributed by atoms with Crippen LogP contribution in [0.15, 0.2) is 48.7 Å². The van der Waals surface area contributed by atoms with E-state index in [1.165, 1.54) is 7.11 Å². The number of amides is 1. The molecule has 2 rings (SSSR count). The van der Waals surface area contributed by atoms with E-state index in [2.05, 4.69) is 10.3 Å². The Morgan fingerprint density at radius 1 is 1.20 bits per heavy atom. The standard InChI is InChI=1S/C15H16N2O3/c1-20-15(19)13(10-11-6-3-2-4-7-11)17-14(18)12-8-5-9-16-12/h2-9,13,16H,10H2,1H3,(H,17,18). The summed E-state index contributed by atoms with van der Waals surface area (Å²) in [6.07, 6.45) is 2.04. The van der Waals surface area contributed by atoms with Crippen molar-refractivity contribution in [1.82, 2.24) is 10.3 Å². The second-order valence-electron chi connectivity index (χ2n) is 4.32. The smallest absolute Gasteiger partial charge is 0.328 e. The lowest BCUT2D eigenvalue weighted by Gasteiger charge is -2.16. The minimum Gasteiger partial charge on any atom is -0.467 e. The van der Waals surface area contributed by atoms with Gasteiger partial charge in [-0.3, -0.25) is 4.79 Å². The van der Waals surface area contributed by atoms with Crippen LogP contribution in [0.25, 0.3) is 0 Å². The fourth-order valence-electron chi connectivity index (χ4n) is 1.89. The predicted molar refractivity (Wildman–Crippen MR) is 74.2 cm³/mol. The number of methoxy groups -OCH3 is 1.